The van der Waals surface area contributed by atoms with Crippen molar-refractivity contribution in [3.63, 3.8) is 0 Å². The van der Waals surface area contributed by atoms with E-state index in [4.69, 9.17) is 4.74 Å². The SMILES string of the molecule is CC1CN(CC(=O)N2CC(C)(C)c3ccc(C(O)c4ccc(F)cc4)cc32)[C@@H](CN2C(C)COC[C@H]2C)CN1. The van der Waals surface area contributed by atoms with Crippen LogP contribution in [0.5, 0.6) is 0 Å². The van der Waals surface area contributed by atoms with E-state index in [1.165, 1.54) is 12.1 Å². The first-order valence-electron chi connectivity index (χ1n) is 14.2. The predicted molar refractivity (Wildman–Crippen MR) is 152 cm³/mol. The average Bonchev–Trinajstić information content (AvgIpc) is 3.17. The van der Waals surface area contributed by atoms with Crippen molar-refractivity contribution in [2.45, 2.75) is 70.3 Å². The highest BCUT2D eigenvalue weighted by Crippen LogP contribution is 2.42. The minimum absolute atomic E-state index is 0.0809. The first-order chi connectivity index (χ1) is 18.5. The molecule has 2 N–H and O–H groups in total. The number of aliphatic hydroxyl groups is 1. The third kappa shape index (κ3) is 5.91. The summed E-state index contributed by atoms with van der Waals surface area (Å²) in [4.78, 5) is 20.7. The number of piperazine rings is 1. The molecule has 3 unspecified atom stereocenters. The van der Waals surface area contributed by atoms with Crippen molar-refractivity contribution >= 4 is 11.6 Å². The molecular weight excluding hydrogens is 495 g/mol. The van der Waals surface area contributed by atoms with Crippen molar-refractivity contribution in [2.24, 2.45) is 0 Å². The van der Waals surface area contributed by atoms with Crippen LogP contribution in [0, 0.1) is 5.82 Å². The van der Waals surface area contributed by atoms with E-state index in [2.05, 4.69) is 49.7 Å². The number of hydrogen-bond acceptors (Lipinski definition) is 6. The van der Waals surface area contributed by atoms with Gasteiger partial charge in [-0.05, 0) is 55.7 Å². The fraction of sp³-hybridized carbons (Fsp3) is 0.581. The van der Waals surface area contributed by atoms with Crippen LogP contribution in [-0.4, -0.2) is 90.9 Å². The maximum absolute atomic E-state index is 14.0. The van der Waals surface area contributed by atoms with E-state index in [0.717, 1.165) is 44.1 Å². The summed E-state index contributed by atoms with van der Waals surface area (Å²) >= 11 is 0. The molecule has 3 heterocycles. The topological polar surface area (TPSA) is 68.3 Å². The molecule has 5 rings (SSSR count). The second kappa shape index (κ2) is 11.3. The number of amides is 1. The van der Waals surface area contributed by atoms with Gasteiger partial charge in [0.05, 0.1) is 19.8 Å². The zero-order valence-electron chi connectivity index (χ0n) is 23.9. The van der Waals surface area contributed by atoms with Gasteiger partial charge in [-0.25, -0.2) is 4.39 Å². The largest absolute Gasteiger partial charge is 0.384 e. The Bertz CT molecular complexity index is 1160. The Labute approximate surface area is 231 Å². The minimum atomic E-state index is -0.896. The zero-order valence-corrected chi connectivity index (χ0v) is 23.9. The summed E-state index contributed by atoms with van der Waals surface area (Å²) < 4.78 is 19.2. The molecule has 0 spiro atoms. The first-order valence-corrected chi connectivity index (χ1v) is 14.2. The van der Waals surface area contributed by atoms with E-state index in [1.807, 2.05) is 23.1 Å². The van der Waals surface area contributed by atoms with Gasteiger partial charge in [-0.1, -0.05) is 38.1 Å². The van der Waals surface area contributed by atoms with Crippen molar-refractivity contribution in [1.82, 2.24) is 15.1 Å². The highest BCUT2D eigenvalue weighted by atomic mass is 19.1. The number of rotatable bonds is 6. The van der Waals surface area contributed by atoms with Crippen molar-refractivity contribution < 1.29 is 19.0 Å². The second-order valence-electron chi connectivity index (χ2n) is 12.4. The summed E-state index contributed by atoms with van der Waals surface area (Å²) in [6, 6.07) is 13.0. The molecule has 1 amide bonds. The van der Waals surface area contributed by atoms with Crippen LogP contribution in [0.25, 0.3) is 0 Å². The molecule has 2 aromatic carbocycles. The number of nitrogens with zero attached hydrogens (tertiary/aromatic N) is 3. The van der Waals surface area contributed by atoms with Crippen LogP contribution in [0.1, 0.15) is 57.4 Å². The number of benzene rings is 2. The van der Waals surface area contributed by atoms with Gasteiger partial charge >= 0.3 is 0 Å². The van der Waals surface area contributed by atoms with Crippen LogP contribution in [0.15, 0.2) is 42.5 Å². The number of fused-ring (bicyclic) bond motifs is 1. The lowest BCUT2D eigenvalue weighted by atomic mass is 9.86. The van der Waals surface area contributed by atoms with Crippen molar-refractivity contribution in [3.05, 3.63) is 65.0 Å². The van der Waals surface area contributed by atoms with Crippen molar-refractivity contribution in [3.8, 4) is 0 Å². The molecule has 2 aromatic rings. The van der Waals surface area contributed by atoms with Gasteiger partial charge in [0.1, 0.15) is 11.9 Å². The molecule has 0 aromatic heterocycles. The second-order valence-corrected chi connectivity index (χ2v) is 12.4. The van der Waals surface area contributed by atoms with Crippen LogP contribution in [0.3, 0.4) is 0 Å². The fourth-order valence-electron chi connectivity index (χ4n) is 6.44. The number of halogens is 1. The number of ether oxygens (including phenoxy) is 1. The van der Waals surface area contributed by atoms with Gasteiger partial charge < -0.3 is 20.1 Å². The van der Waals surface area contributed by atoms with Crippen LogP contribution in [0.2, 0.25) is 0 Å². The molecular formula is C31H43FN4O3. The summed E-state index contributed by atoms with van der Waals surface area (Å²) in [6.07, 6.45) is -0.896. The van der Waals surface area contributed by atoms with Gasteiger partial charge in [0, 0.05) is 61.4 Å². The Morgan fingerprint density at radius 2 is 1.77 bits per heavy atom. The summed E-state index contributed by atoms with van der Waals surface area (Å²) in [5, 5.41) is 14.7. The number of aliphatic hydroxyl groups excluding tert-OH is 1. The summed E-state index contributed by atoms with van der Waals surface area (Å²) in [5.74, 6) is -0.256. The monoisotopic (exact) mass is 538 g/mol. The maximum Gasteiger partial charge on any atom is 0.241 e. The van der Waals surface area contributed by atoms with Gasteiger partial charge in [-0.15, -0.1) is 0 Å². The fourth-order valence-corrected chi connectivity index (χ4v) is 6.44. The summed E-state index contributed by atoms with van der Waals surface area (Å²) in [5.41, 5.74) is 3.08. The molecule has 0 saturated carbocycles. The molecule has 7 nitrogen and oxygen atoms in total. The van der Waals surface area contributed by atoms with Crippen molar-refractivity contribution in [1.29, 1.82) is 0 Å². The van der Waals surface area contributed by atoms with E-state index < -0.39 is 6.10 Å². The van der Waals surface area contributed by atoms with Gasteiger partial charge in [-0.2, -0.15) is 0 Å². The Morgan fingerprint density at radius 1 is 1.10 bits per heavy atom. The lowest BCUT2D eigenvalue weighted by Crippen LogP contribution is -2.63. The molecule has 5 atom stereocenters. The first kappa shape index (κ1) is 28.2. The molecule has 8 heteroatoms. The van der Waals surface area contributed by atoms with E-state index in [0.29, 0.717) is 42.3 Å². The highest BCUT2D eigenvalue weighted by Gasteiger charge is 2.40. The lowest BCUT2D eigenvalue weighted by Gasteiger charge is -2.46. The van der Waals surface area contributed by atoms with E-state index in [-0.39, 0.29) is 23.2 Å². The van der Waals surface area contributed by atoms with Gasteiger partial charge in [0.2, 0.25) is 5.91 Å². The molecule has 2 saturated heterocycles. The molecule has 3 aliphatic heterocycles. The molecule has 0 bridgehead atoms. The van der Waals surface area contributed by atoms with Crippen LogP contribution in [-0.2, 0) is 14.9 Å². The van der Waals surface area contributed by atoms with Crippen molar-refractivity contribution in [2.75, 3.05) is 50.8 Å². The molecule has 2 fully saturated rings. The normalized spacial score (nSPS) is 28.3. The maximum atomic E-state index is 14.0. The molecule has 0 radical (unpaired) electrons. The zero-order chi connectivity index (χ0) is 27.9. The standard InChI is InChI=1S/C31H43FN4O3/c1-20-14-34(26(13-33-20)15-35-21(2)17-39-18-22(35)3)16-29(37)36-19-31(4,5)27-11-8-24(12-28(27)36)30(38)23-6-9-25(32)10-7-23/h6-12,20-22,26,30,33,38H,13-19H2,1-5H3/t20?,21-,22?,26-,30?/m1/s1. The summed E-state index contributed by atoms with van der Waals surface area (Å²) in [6.45, 7) is 15.9. The Balaban J connectivity index is 1.36. The number of carbonyl (C=O) groups is 1. The predicted octanol–water partition coefficient (Wildman–Crippen LogP) is 3.30. The highest BCUT2D eigenvalue weighted by molar-refractivity contribution is 5.97. The Kier molecular flexibility index (Phi) is 8.13. The molecule has 0 aliphatic carbocycles. The number of hydrogen-bond donors (Lipinski definition) is 2. The third-order valence-electron chi connectivity index (χ3n) is 8.73. The third-order valence-corrected chi connectivity index (χ3v) is 8.73. The smallest absolute Gasteiger partial charge is 0.241 e. The Morgan fingerprint density at radius 3 is 2.46 bits per heavy atom. The van der Waals surface area contributed by atoms with E-state index in [9.17, 15) is 14.3 Å². The molecule has 39 heavy (non-hydrogen) atoms. The number of carbonyl (C=O) groups excluding carboxylic acids is 1. The average molecular weight is 539 g/mol. The lowest BCUT2D eigenvalue weighted by molar-refractivity contribution is -0.121. The van der Waals surface area contributed by atoms with Gasteiger partial charge in [0.25, 0.3) is 0 Å². The minimum Gasteiger partial charge on any atom is -0.384 e. The van der Waals surface area contributed by atoms with Gasteiger partial charge in [-0.3, -0.25) is 14.6 Å². The van der Waals surface area contributed by atoms with Gasteiger partial charge in [0.15, 0.2) is 0 Å². The summed E-state index contributed by atoms with van der Waals surface area (Å²) in [7, 11) is 0. The van der Waals surface area contributed by atoms with E-state index in [1.54, 1.807) is 12.1 Å². The Hall–Kier alpha value is -2.36. The number of morpholine rings is 1. The van der Waals surface area contributed by atoms with Crippen LogP contribution in [0.4, 0.5) is 10.1 Å². The van der Waals surface area contributed by atoms with E-state index >= 15 is 0 Å². The number of anilines is 1. The quantitative estimate of drug-likeness (QED) is 0.589. The van der Waals surface area contributed by atoms with Crippen LogP contribution < -0.4 is 10.2 Å². The molecule has 3 aliphatic rings. The number of nitrogens with one attached hydrogen (secondary N) is 1. The van der Waals surface area contributed by atoms with Crippen LogP contribution >= 0.6 is 0 Å². The molecule has 212 valence electrons.